The van der Waals surface area contributed by atoms with Crippen LogP contribution in [-0.2, 0) is 0 Å². The summed E-state index contributed by atoms with van der Waals surface area (Å²) >= 11 is 1.46. The van der Waals surface area contributed by atoms with Gasteiger partial charge in [-0.25, -0.2) is 4.98 Å². The summed E-state index contributed by atoms with van der Waals surface area (Å²) in [5, 5.41) is 1.75. The Morgan fingerprint density at radius 3 is 2.86 bits per heavy atom. The van der Waals surface area contributed by atoms with E-state index in [9.17, 15) is 4.79 Å². The molecular formula is C17H15NO2S. The maximum Gasteiger partial charge on any atom is 0.176 e. The summed E-state index contributed by atoms with van der Waals surface area (Å²) in [6, 6.07) is 11.6. The number of Topliss-reactive ketones (excluding diaryl/α,β-unsaturated/α-hetero) is 1. The standard InChI is InChI=1S/C17H15NO2S/c1-11-7-12(2)18-17(8-11)21-10-15(19)14-9-20-16-6-4-3-5-13(14)16/h3-9H,10H2,1-2H3. The van der Waals surface area contributed by atoms with Crippen molar-refractivity contribution in [3.63, 3.8) is 0 Å². The molecule has 0 unspecified atom stereocenters. The third-order valence-electron chi connectivity index (χ3n) is 3.21. The summed E-state index contributed by atoms with van der Waals surface area (Å²) in [5.74, 6) is 0.422. The Hall–Kier alpha value is -2.07. The Labute approximate surface area is 127 Å². The van der Waals surface area contributed by atoms with E-state index in [2.05, 4.69) is 4.98 Å². The zero-order valence-corrected chi connectivity index (χ0v) is 12.7. The first-order chi connectivity index (χ1) is 10.1. The molecule has 0 fully saturated rings. The molecule has 2 heterocycles. The number of thioether (sulfide) groups is 1. The van der Waals surface area contributed by atoms with E-state index in [0.29, 0.717) is 11.3 Å². The topological polar surface area (TPSA) is 43.1 Å². The van der Waals surface area contributed by atoms with Crippen molar-refractivity contribution in [3.8, 4) is 0 Å². The van der Waals surface area contributed by atoms with Crippen molar-refractivity contribution >= 4 is 28.5 Å². The van der Waals surface area contributed by atoms with Gasteiger partial charge in [-0.05, 0) is 37.6 Å². The molecule has 2 aromatic heterocycles. The Kier molecular flexibility index (Phi) is 3.80. The van der Waals surface area contributed by atoms with Gasteiger partial charge in [0.15, 0.2) is 5.78 Å². The van der Waals surface area contributed by atoms with E-state index in [1.807, 2.05) is 50.2 Å². The highest BCUT2D eigenvalue weighted by Crippen LogP contribution is 2.24. The summed E-state index contributed by atoms with van der Waals surface area (Å²) in [6.45, 7) is 3.99. The summed E-state index contributed by atoms with van der Waals surface area (Å²) < 4.78 is 5.41. The molecule has 21 heavy (non-hydrogen) atoms. The lowest BCUT2D eigenvalue weighted by molar-refractivity contribution is 0.102. The Morgan fingerprint density at radius 2 is 2.05 bits per heavy atom. The van der Waals surface area contributed by atoms with Crippen molar-refractivity contribution in [2.45, 2.75) is 18.9 Å². The van der Waals surface area contributed by atoms with E-state index in [4.69, 9.17) is 4.42 Å². The van der Waals surface area contributed by atoms with Crippen LogP contribution in [0.25, 0.3) is 11.0 Å². The Bertz CT molecular complexity index is 787. The molecule has 0 aliphatic heterocycles. The lowest BCUT2D eigenvalue weighted by Crippen LogP contribution is -2.02. The van der Waals surface area contributed by atoms with Crippen LogP contribution in [0.4, 0.5) is 0 Å². The molecule has 0 saturated heterocycles. The molecule has 0 saturated carbocycles. The number of carbonyl (C=O) groups is 1. The molecule has 0 atom stereocenters. The molecule has 0 bridgehead atoms. The second kappa shape index (κ2) is 5.74. The fourth-order valence-electron chi connectivity index (χ4n) is 2.29. The quantitative estimate of drug-likeness (QED) is 0.528. The lowest BCUT2D eigenvalue weighted by Gasteiger charge is -2.03. The monoisotopic (exact) mass is 297 g/mol. The number of hydrogen-bond donors (Lipinski definition) is 0. The summed E-state index contributed by atoms with van der Waals surface area (Å²) in [5.41, 5.74) is 3.52. The molecule has 3 nitrogen and oxygen atoms in total. The number of ketones is 1. The minimum Gasteiger partial charge on any atom is -0.464 e. The predicted molar refractivity (Wildman–Crippen MR) is 85.0 cm³/mol. The Balaban J connectivity index is 1.77. The number of rotatable bonds is 4. The number of carbonyl (C=O) groups excluding carboxylic acids is 1. The smallest absolute Gasteiger partial charge is 0.176 e. The molecule has 0 amide bonds. The molecule has 3 aromatic rings. The molecule has 0 aliphatic carbocycles. The van der Waals surface area contributed by atoms with Crippen LogP contribution in [-0.4, -0.2) is 16.5 Å². The van der Waals surface area contributed by atoms with Crippen LogP contribution in [0.15, 0.2) is 52.1 Å². The van der Waals surface area contributed by atoms with E-state index in [0.717, 1.165) is 27.3 Å². The fraction of sp³-hybridized carbons (Fsp3) is 0.176. The second-order valence-electron chi connectivity index (χ2n) is 4.98. The molecular weight excluding hydrogens is 282 g/mol. The lowest BCUT2D eigenvalue weighted by atomic mass is 10.1. The highest BCUT2D eigenvalue weighted by atomic mass is 32.2. The van der Waals surface area contributed by atoms with E-state index in [-0.39, 0.29) is 5.78 Å². The minimum atomic E-state index is 0.0610. The maximum atomic E-state index is 12.4. The van der Waals surface area contributed by atoms with Crippen molar-refractivity contribution in [2.75, 3.05) is 5.75 Å². The zero-order valence-electron chi connectivity index (χ0n) is 11.9. The SMILES string of the molecule is Cc1cc(C)nc(SCC(=O)c2coc3ccccc23)c1. The van der Waals surface area contributed by atoms with Gasteiger partial charge in [-0.15, -0.1) is 0 Å². The van der Waals surface area contributed by atoms with Crippen molar-refractivity contribution in [3.05, 3.63) is 59.5 Å². The van der Waals surface area contributed by atoms with Crippen LogP contribution >= 0.6 is 11.8 Å². The van der Waals surface area contributed by atoms with E-state index in [1.54, 1.807) is 6.26 Å². The van der Waals surface area contributed by atoms with Crippen molar-refractivity contribution in [1.82, 2.24) is 4.98 Å². The van der Waals surface area contributed by atoms with Gasteiger partial charge in [0.1, 0.15) is 11.8 Å². The summed E-state index contributed by atoms with van der Waals surface area (Å²) in [4.78, 5) is 16.8. The first kappa shape index (κ1) is 13.9. The normalized spacial score (nSPS) is 11.0. The van der Waals surface area contributed by atoms with Crippen molar-refractivity contribution in [1.29, 1.82) is 0 Å². The van der Waals surface area contributed by atoms with E-state index >= 15 is 0 Å². The number of pyridine rings is 1. The largest absolute Gasteiger partial charge is 0.464 e. The number of hydrogen-bond acceptors (Lipinski definition) is 4. The molecule has 1 aromatic carbocycles. The molecule has 3 rings (SSSR count). The van der Waals surface area contributed by atoms with Gasteiger partial charge in [0.05, 0.1) is 16.3 Å². The average molecular weight is 297 g/mol. The highest BCUT2D eigenvalue weighted by Gasteiger charge is 2.14. The third kappa shape index (κ3) is 3.00. The second-order valence-corrected chi connectivity index (χ2v) is 5.98. The van der Waals surface area contributed by atoms with Gasteiger partial charge < -0.3 is 4.42 Å². The third-order valence-corrected chi connectivity index (χ3v) is 4.12. The number of benzene rings is 1. The highest BCUT2D eigenvalue weighted by molar-refractivity contribution is 7.99. The van der Waals surface area contributed by atoms with Gasteiger partial charge in [0, 0.05) is 11.1 Å². The van der Waals surface area contributed by atoms with Crippen molar-refractivity contribution in [2.24, 2.45) is 0 Å². The van der Waals surface area contributed by atoms with Crippen LogP contribution in [0.1, 0.15) is 21.6 Å². The first-order valence-electron chi connectivity index (χ1n) is 6.71. The number of para-hydroxylation sites is 1. The van der Waals surface area contributed by atoms with Gasteiger partial charge in [0.25, 0.3) is 0 Å². The first-order valence-corrected chi connectivity index (χ1v) is 7.69. The molecule has 4 heteroatoms. The number of aryl methyl sites for hydroxylation is 2. The van der Waals surface area contributed by atoms with Crippen LogP contribution in [0.3, 0.4) is 0 Å². The number of fused-ring (bicyclic) bond motifs is 1. The van der Waals surface area contributed by atoms with Gasteiger partial charge in [-0.3, -0.25) is 4.79 Å². The average Bonchev–Trinajstić information content (AvgIpc) is 2.88. The Morgan fingerprint density at radius 1 is 1.24 bits per heavy atom. The zero-order chi connectivity index (χ0) is 14.8. The number of nitrogens with zero attached hydrogens (tertiary/aromatic N) is 1. The summed E-state index contributed by atoms with van der Waals surface area (Å²) in [6.07, 6.45) is 1.54. The maximum absolute atomic E-state index is 12.4. The molecule has 0 aliphatic rings. The molecule has 106 valence electrons. The van der Waals surface area contributed by atoms with Crippen LogP contribution < -0.4 is 0 Å². The number of furan rings is 1. The van der Waals surface area contributed by atoms with Gasteiger partial charge in [0.2, 0.25) is 0 Å². The van der Waals surface area contributed by atoms with E-state index < -0.39 is 0 Å². The van der Waals surface area contributed by atoms with Crippen LogP contribution in [0.5, 0.6) is 0 Å². The molecule has 0 spiro atoms. The van der Waals surface area contributed by atoms with E-state index in [1.165, 1.54) is 11.8 Å². The fourth-order valence-corrected chi connectivity index (χ4v) is 3.20. The molecule has 0 radical (unpaired) electrons. The van der Waals surface area contributed by atoms with Gasteiger partial charge >= 0.3 is 0 Å². The number of aromatic nitrogens is 1. The summed E-state index contributed by atoms with van der Waals surface area (Å²) in [7, 11) is 0. The van der Waals surface area contributed by atoms with Crippen molar-refractivity contribution < 1.29 is 9.21 Å². The van der Waals surface area contributed by atoms with Gasteiger partial charge in [-0.2, -0.15) is 0 Å². The predicted octanol–water partition coefficient (Wildman–Crippen LogP) is 4.42. The molecule has 0 N–H and O–H groups in total. The van der Waals surface area contributed by atoms with Crippen LogP contribution in [0.2, 0.25) is 0 Å². The van der Waals surface area contributed by atoms with Crippen LogP contribution in [0, 0.1) is 13.8 Å². The minimum absolute atomic E-state index is 0.0610. The van der Waals surface area contributed by atoms with Gasteiger partial charge in [-0.1, -0.05) is 30.0 Å².